The number of nitrogens with zero attached hydrogens (tertiary/aromatic N) is 1. The normalized spacial score (nSPS) is 18.8. The van der Waals surface area contributed by atoms with Crippen LogP contribution in [0.5, 0.6) is 0 Å². The maximum Gasteiger partial charge on any atom is 0.339 e. The number of allylic oxidation sites excluding steroid dienone is 1. The fraction of sp³-hybridized carbons (Fsp3) is 0.625. The maximum absolute atomic E-state index is 11.9. The third-order valence-corrected chi connectivity index (χ3v) is 5.39. The van der Waals surface area contributed by atoms with Crippen molar-refractivity contribution in [1.82, 2.24) is 10.3 Å². The van der Waals surface area contributed by atoms with Gasteiger partial charge in [0.2, 0.25) is 5.91 Å². The summed E-state index contributed by atoms with van der Waals surface area (Å²) in [6.07, 6.45) is 5.76. The molecule has 1 aliphatic carbocycles. The second-order valence-electron chi connectivity index (χ2n) is 7.87. The summed E-state index contributed by atoms with van der Waals surface area (Å²) in [4.78, 5) is 28.0. The lowest BCUT2D eigenvalue weighted by Crippen LogP contribution is -2.40. The van der Waals surface area contributed by atoms with Crippen LogP contribution in [0.15, 0.2) is 6.08 Å². The van der Waals surface area contributed by atoms with Crippen molar-refractivity contribution >= 4 is 23.3 Å². The number of aromatic carboxylic acids is 1. The molecule has 0 aromatic carbocycles. The van der Waals surface area contributed by atoms with Crippen molar-refractivity contribution in [2.45, 2.75) is 92.7 Å². The number of nitrogens with one attached hydrogen (secondary N) is 1. The van der Waals surface area contributed by atoms with Crippen LogP contribution >= 0.6 is 0 Å². The van der Waals surface area contributed by atoms with Crippen molar-refractivity contribution in [2.24, 2.45) is 5.92 Å². The lowest BCUT2D eigenvalue weighted by molar-refractivity contribution is -0.125. The Hall–Kier alpha value is -2.57. The summed E-state index contributed by atoms with van der Waals surface area (Å²) in [5, 5.41) is 12.6. The summed E-state index contributed by atoms with van der Waals surface area (Å²) in [5.74, 6) is -0.459. The highest BCUT2D eigenvalue weighted by Gasteiger charge is 2.27. The smallest absolute Gasteiger partial charge is 0.339 e. The number of nitrogen functional groups attached to an aromatic ring is 1. The third kappa shape index (κ3) is 6.71. The standard InChI is InChI=1S/C22H33N3O4.C2H6/c1-6-16-19(20(23)18(22(27)28)13(5)24-16)17(7-2)29-15-10-8-14(9-11-15)25-21(26)12(3)4;1-2/h7,12,14-15H,6,8-11H2,1-5H3,(H2,23,24)(H,25,26)(H,27,28);1-2H3/b17-7+;. The molecule has 0 atom stereocenters. The van der Waals surface area contributed by atoms with Gasteiger partial charge in [-0.3, -0.25) is 9.78 Å². The summed E-state index contributed by atoms with van der Waals surface area (Å²) < 4.78 is 6.26. The summed E-state index contributed by atoms with van der Waals surface area (Å²) in [5.41, 5.74) is 8.21. The van der Waals surface area contributed by atoms with E-state index in [2.05, 4.69) is 10.3 Å². The average Bonchev–Trinajstić information content (AvgIpc) is 2.74. The first-order valence-corrected chi connectivity index (χ1v) is 11.3. The predicted octanol–water partition coefficient (Wildman–Crippen LogP) is 4.72. The van der Waals surface area contributed by atoms with E-state index in [9.17, 15) is 14.7 Å². The zero-order chi connectivity index (χ0) is 23.7. The molecule has 0 radical (unpaired) electrons. The number of hydrogen-bond donors (Lipinski definition) is 3. The van der Waals surface area contributed by atoms with Crippen LogP contribution < -0.4 is 11.1 Å². The molecule has 1 heterocycles. The van der Waals surface area contributed by atoms with Crippen LogP contribution in [0, 0.1) is 12.8 Å². The van der Waals surface area contributed by atoms with Crippen LogP contribution in [0.25, 0.3) is 5.76 Å². The number of hydrogen-bond acceptors (Lipinski definition) is 5. The Labute approximate surface area is 186 Å². The van der Waals surface area contributed by atoms with E-state index in [1.54, 1.807) is 6.92 Å². The molecule has 7 nitrogen and oxygen atoms in total. The first-order valence-electron chi connectivity index (χ1n) is 11.3. The summed E-state index contributed by atoms with van der Waals surface area (Å²) in [6, 6.07) is 0.176. The number of carbonyl (C=O) groups excluding carboxylic acids is 1. The molecule has 1 aromatic rings. The zero-order valence-corrected chi connectivity index (χ0v) is 20.0. The number of amides is 1. The number of aromatic nitrogens is 1. The molecule has 0 bridgehead atoms. The molecule has 1 aromatic heterocycles. The molecule has 1 saturated carbocycles. The van der Waals surface area contributed by atoms with Crippen LogP contribution in [0.2, 0.25) is 0 Å². The molecule has 174 valence electrons. The molecule has 4 N–H and O–H groups in total. The minimum Gasteiger partial charge on any atom is -0.490 e. The van der Waals surface area contributed by atoms with Gasteiger partial charge in [-0.05, 0) is 52.0 Å². The van der Waals surface area contributed by atoms with E-state index in [-0.39, 0.29) is 35.2 Å². The molecule has 2 rings (SSSR count). The van der Waals surface area contributed by atoms with Crippen molar-refractivity contribution in [1.29, 1.82) is 0 Å². The summed E-state index contributed by atoms with van der Waals surface area (Å²) in [7, 11) is 0. The third-order valence-electron chi connectivity index (χ3n) is 5.39. The number of anilines is 1. The largest absolute Gasteiger partial charge is 0.490 e. The van der Waals surface area contributed by atoms with E-state index >= 15 is 0 Å². The molecule has 31 heavy (non-hydrogen) atoms. The van der Waals surface area contributed by atoms with Gasteiger partial charge in [-0.2, -0.15) is 0 Å². The molecule has 1 aliphatic rings. The minimum absolute atomic E-state index is 0.00732. The molecule has 7 heteroatoms. The molecular formula is C24H39N3O4. The van der Waals surface area contributed by atoms with Gasteiger partial charge in [0, 0.05) is 12.0 Å². The van der Waals surface area contributed by atoms with Crippen LogP contribution in [-0.2, 0) is 16.0 Å². The van der Waals surface area contributed by atoms with Gasteiger partial charge in [-0.25, -0.2) is 4.79 Å². The average molecular weight is 434 g/mol. The second kappa shape index (κ2) is 12.3. The Bertz CT molecular complexity index is 795. The van der Waals surface area contributed by atoms with E-state index in [1.807, 2.05) is 47.6 Å². The Morgan fingerprint density at radius 1 is 1.23 bits per heavy atom. The molecule has 0 spiro atoms. The first kappa shape index (κ1) is 26.5. The SMILES string of the molecule is C/C=C(/OC1CCC(NC(=O)C(C)C)CC1)c1c(CC)nc(C)c(C(=O)O)c1N.CC. The molecular weight excluding hydrogens is 394 g/mol. The van der Waals surface area contributed by atoms with Crippen molar-refractivity contribution in [2.75, 3.05) is 5.73 Å². The summed E-state index contributed by atoms with van der Waals surface area (Å²) in [6.45, 7) is 13.2. The number of nitrogens with two attached hydrogens (primary N) is 1. The van der Waals surface area contributed by atoms with Crippen molar-refractivity contribution in [3.8, 4) is 0 Å². The van der Waals surface area contributed by atoms with Crippen LogP contribution in [0.3, 0.4) is 0 Å². The zero-order valence-electron chi connectivity index (χ0n) is 20.0. The van der Waals surface area contributed by atoms with E-state index in [0.717, 1.165) is 31.4 Å². The molecule has 0 saturated heterocycles. The van der Waals surface area contributed by atoms with Crippen LogP contribution in [-0.4, -0.2) is 34.1 Å². The number of pyridine rings is 1. The van der Waals surface area contributed by atoms with Gasteiger partial charge in [-0.15, -0.1) is 0 Å². The Morgan fingerprint density at radius 2 is 1.81 bits per heavy atom. The van der Waals surface area contributed by atoms with E-state index in [0.29, 0.717) is 23.4 Å². The highest BCUT2D eigenvalue weighted by atomic mass is 16.5. The second-order valence-corrected chi connectivity index (χ2v) is 7.87. The Balaban J connectivity index is 0.00000233. The Morgan fingerprint density at radius 3 is 2.26 bits per heavy atom. The minimum atomic E-state index is -1.09. The number of ether oxygens (including phenoxy) is 1. The fourth-order valence-corrected chi connectivity index (χ4v) is 3.73. The van der Waals surface area contributed by atoms with E-state index in [4.69, 9.17) is 10.5 Å². The number of carboxylic acids is 1. The van der Waals surface area contributed by atoms with Gasteiger partial charge in [0.25, 0.3) is 0 Å². The number of aryl methyl sites for hydroxylation is 2. The molecule has 0 unspecified atom stereocenters. The summed E-state index contributed by atoms with van der Waals surface area (Å²) >= 11 is 0. The van der Waals surface area contributed by atoms with Gasteiger partial charge in [0.05, 0.1) is 28.7 Å². The fourth-order valence-electron chi connectivity index (χ4n) is 3.73. The number of rotatable bonds is 7. The van der Waals surface area contributed by atoms with E-state index in [1.165, 1.54) is 0 Å². The lowest BCUT2D eigenvalue weighted by Gasteiger charge is -2.31. The first-order chi connectivity index (χ1) is 14.7. The predicted molar refractivity (Wildman–Crippen MR) is 125 cm³/mol. The van der Waals surface area contributed by atoms with Crippen LogP contribution in [0.1, 0.15) is 94.5 Å². The van der Waals surface area contributed by atoms with Gasteiger partial charge >= 0.3 is 5.97 Å². The highest BCUT2D eigenvalue weighted by molar-refractivity contribution is 5.97. The molecule has 0 aliphatic heterocycles. The van der Waals surface area contributed by atoms with Crippen molar-refractivity contribution < 1.29 is 19.4 Å². The highest BCUT2D eigenvalue weighted by Crippen LogP contribution is 2.34. The topological polar surface area (TPSA) is 115 Å². The van der Waals surface area contributed by atoms with Gasteiger partial charge in [-0.1, -0.05) is 34.6 Å². The quantitative estimate of drug-likeness (QED) is 0.536. The maximum atomic E-state index is 11.9. The number of carboxylic acid groups (broad SMARTS) is 1. The van der Waals surface area contributed by atoms with E-state index < -0.39 is 5.97 Å². The molecule has 1 amide bonds. The lowest BCUT2D eigenvalue weighted by atomic mass is 9.92. The van der Waals surface area contributed by atoms with Gasteiger partial charge in [0.15, 0.2) is 0 Å². The van der Waals surface area contributed by atoms with Gasteiger partial charge in [0.1, 0.15) is 11.3 Å². The van der Waals surface area contributed by atoms with Crippen LogP contribution in [0.4, 0.5) is 5.69 Å². The number of carbonyl (C=O) groups is 2. The van der Waals surface area contributed by atoms with Gasteiger partial charge < -0.3 is 20.9 Å². The monoisotopic (exact) mass is 433 g/mol. The Kier molecular flexibility index (Phi) is 10.5. The van der Waals surface area contributed by atoms with Crippen molar-refractivity contribution in [3.63, 3.8) is 0 Å². The molecule has 1 fully saturated rings. The van der Waals surface area contributed by atoms with Crippen molar-refractivity contribution in [3.05, 3.63) is 28.6 Å².